The molecule has 0 saturated heterocycles. The van der Waals surface area contributed by atoms with Gasteiger partial charge in [0, 0.05) is 21.9 Å². The van der Waals surface area contributed by atoms with Crippen LogP contribution in [0.5, 0.6) is 5.75 Å². The van der Waals surface area contributed by atoms with E-state index in [1.165, 1.54) is 12.1 Å². The molecule has 4 rings (SSSR count). The molecule has 1 N–H and O–H groups in total. The van der Waals surface area contributed by atoms with E-state index in [-0.39, 0.29) is 24.2 Å². The Morgan fingerprint density at radius 1 is 1.21 bits per heavy atom. The quantitative estimate of drug-likeness (QED) is 0.495. The third kappa shape index (κ3) is 3.77. The number of carbonyl (C=O) groups excluding carboxylic acids is 1. The summed E-state index contributed by atoms with van der Waals surface area (Å²) in [6, 6.07) is 15.3. The Kier molecular flexibility index (Phi) is 5.12. The fourth-order valence-corrected chi connectivity index (χ4v) is 3.94. The van der Waals surface area contributed by atoms with Crippen LogP contribution >= 0.6 is 11.3 Å². The van der Waals surface area contributed by atoms with E-state index in [0.717, 1.165) is 21.4 Å². The topological polar surface area (TPSA) is 51.5 Å². The molecule has 1 amide bonds. The van der Waals surface area contributed by atoms with Crippen molar-refractivity contribution in [3.8, 4) is 5.75 Å². The Morgan fingerprint density at radius 3 is 2.75 bits per heavy atom. The summed E-state index contributed by atoms with van der Waals surface area (Å²) < 4.78 is 24.1. The van der Waals surface area contributed by atoms with Gasteiger partial charge in [-0.15, -0.1) is 11.3 Å². The molecule has 0 fully saturated rings. The van der Waals surface area contributed by atoms with Crippen molar-refractivity contribution in [1.29, 1.82) is 0 Å². The molecule has 0 spiro atoms. The van der Waals surface area contributed by atoms with Crippen LogP contribution in [0.15, 0.2) is 70.7 Å². The molecule has 0 radical (unpaired) electrons. The highest BCUT2D eigenvalue weighted by Gasteiger charge is 2.19. The molecule has 2 heterocycles. The van der Waals surface area contributed by atoms with E-state index in [1.807, 2.05) is 29.6 Å². The van der Waals surface area contributed by atoms with Gasteiger partial charge in [0.25, 0.3) is 0 Å². The predicted octanol–water partition coefficient (Wildman–Crippen LogP) is 5.09. The minimum atomic E-state index is -0.327. The van der Waals surface area contributed by atoms with Gasteiger partial charge in [-0.2, -0.15) is 0 Å². The monoisotopic (exact) mass is 395 g/mol. The average molecular weight is 395 g/mol. The second kappa shape index (κ2) is 7.86. The number of methoxy groups -OCH3 is 1. The first-order valence-electron chi connectivity index (χ1n) is 8.76. The van der Waals surface area contributed by atoms with Gasteiger partial charge < -0.3 is 14.5 Å². The molecule has 1 atom stereocenters. The summed E-state index contributed by atoms with van der Waals surface area (Å²) in [4.78, 5) is 13.8. The standard InChI is InChI=1S/C22H18FNO3S/c1-26-17-8-9-18-15(13-27-19(18)12-17)11-21(25)24-22(20-3-2-10-28-20)14-4-6-16(23)7-5-14/h2-10,12-13,22H,11H2,1H3,(H,24,25)/t22-/m0/s1. The number of halogens is 1. The highest BCUT2D eigenvalue weighted by Crippen LogP contribution is 2.28. The van der Waals surface area contributed by atoms with Crippen molar-refractivity contribution >= 4 is 28.2 Å². The lowest BCUT2D eigenvalue weighted by Crippen LogP contribution is -2.30. The number of hydrogen-bond acceptors (Lipinski definition) is 4. The number of thiophene rings is 1. The minimum absolute atomic E-state index is 0.138. The maximum Gasteiger partial charge on any atom is 0.225 e. The van der Waals surface area contributed by atoms with Crippen molar-refractivity contribution in [3.05, 3.63) is 88.1 Å². The molecule has 0 aliphatic carbocycles. The van der Waals surface area contributed by atoms with E-state index in [2.05, 4.69) is 5.32 Å². The van der Waals surface area contributed by atoms with Crippen LogP contribution in [0, 0.1) is 5.82 Å². The zero-order chi connectivity index (χ0) is 19.5. The number of benzene rings is 2. The fourth-order valence-electron chi connectivity index (χ4n) is 3.14. The van der Waals surface area contributed by atoms with Crippen LogP contribution in [0.1, 0.15) is 22.0 Å². The van der Waals surface area contributed by atoms with Gasteiger partial charge in [0.2, 0.25) is 5.91 Å². The van der Waals surface area contributed by atoms with Gasteiger partial charge in [-0.25, -0.2) is 4.39 Å². The molecule has 0 aliphatic heterocycles. The summed E-state index contributed by atoms with van der Waals surface area (Å²) in [7, 11) is 1.60. The maximum absolute atomic E-state index is 13.3. The SMILES string of the molecule is COc1ccc2c(CC(=O)N[C@@H](c3ccc(F)cc3)c3cccs3)coc2c1. The fraction of sp³-hybridized carbons (Fsp3) is 0.136. The Labute approximate surface area is 165 Å². The van der Waals surface area contributed by atoms with Crippen LogP contribution in [0.25, 0.3) is 11.0 Å². The van der Waals surface area contributed by atoms with Crippen LogP contribution in [0.2, 0.25) is 0 Å². The highest BCUT2D eigenvalue weighted by molar-refractivity contribution is 7.10. The number of rotatable bonds is 6. The Balaban J connectivity index is 1.56. The van der Waals surface area contributed by atoms with Crippen molar-refractivity contribution in [2.75, 3.05) is 7.11 Å². The average Bonchev–Trinajstić information content (AvgIpc) is 3.37. The van der Waals surface area contributed by atoms with Crippen LogP contribution in [0.3, 0.4) is 0 Å². The van der Waals surface area contributed by atoms with Gasteiger partial charge in [0.1, 0.15) is 17.1 Å². The van der Waals surface area contributed by atoms with Crippen molar-refractivity contribution in [2.45, 2.75) is 12.5 Å². The second-order valence-electron chi connectivity index (χ2n) is 6.37. The van der Waals surface area contributed by atoms with Crippen LogP contribution in [-0.2, 0) is 11.2 Å². The Morgan fingerprint density at radius 2 is 2.04 bits per heavy atom. The Hall–Kier alpha value is -3.12. The highest BCUT2D eigenvalue weighted by atomic mass is 32.1. The van der Waals surface area contributed by atoms with Gasteiger partial charge in [-0.1, -0.05) is 18.2 Å². The molecule has 28 heavy (non-hydrogen) atoms. The molecular weight excluding hydrogens is 377 g/mol. The number of carbonyl (C=O) groups is 1. The molecule has 0 bridgehead atoms. The number of amides is 1. The second-order valence-corrected chi connectivity index (χ2v) is 7.35. The molecule has 2 aromatic heterocycles. The van der Waals surface area contributed by atoms with E-state index in [0.29, 0.717) is 11.3 Å². The van der Waals surface area contributed by atoms with E-state index in [1.54, 1.807) is 42.9 Å². The van der Waals surface area contributed by atoms with E-state index in [4.69, 9.17) is 9.15 Å². The summed E-state index contributed by atoms with van der Waals surface area (Å²) in [6.07, 6.45) is 1.78. The molecule has 4 aromatic rings. The van der Waals surface area contributed by atoms with E-state index < -0.39 is 0 Å². The van der Waals surface area contributed by atoms with Crippen LogP contribution in [0.4, 0.5) is 4.39 Å². The van der Waals surface area contributed by atoms with Gasteiger partial charge in [-0.05, 0) is 41.3 Å². The largest absolute Gasteiger partial charge is 0.497 e. The van der Waals surface area contributed by atoms with Crippen LogP contribution in [-0.4, -0.2) is 13.0 Å². The van der Waals surface area contributed by atoms with Crippen molar-refractivity contribution in [2.24, 2.45) is 0 Å². The molecule has 4 nitrogen and oxygen atoms in total. The van der Waals surface area contributed by atoms with Gasteiger partial charge in [-0.3, -0.25) is 4.79 Å². The maximum atomic E-state index is 13.3. The third-order valence-corrected chi connectivity index (χ3v) is 5.49. The first-order chi connectivity index (χ1) is 13.6. The molecule has 142 valence electrons. The van der Waals surface area contributed by atoms with Gasteiger partial charge in [0.05, 0.1) is 25.8 Å². The molecule has 6 heteroatoms. The van der Waals surface area contributed by atoms with E-state index in [9.17, 15) is 9.18 Å². The molecule has 0 saturated carbocycles. The molecule has 2 aromatic carbocycles. The third-order valence-electron chi connectivity index (χ3n) is 4.55. The first-order valence-corrected chi connectivity index (χ1v) is 9.64. The molecule has 0 unspecified atom stereocenters. The zero-order valence-corrected chi connectivity index (χ0v) is 16.0. The number of furan rings is 1. The number of fused-ring (bicyclic) bond motifs is 1. The van der Waals surface area contributed by atoms with Crippen molar-refractivity contribution < 1.29 is 18.3 Å². The predicted molar refractivity (Wildman–Crippen MR) is 107 cm³/mol. The smallest absolute Gasteiger partial charge is 0.225 e. The lowest BCUT2D eigenvalue weighted by Gasteiger charge is -2.18. The number of nitrogens with one attached hydrogen (secondary N) is 1. The summed E-state index contributed by atoms with van der Waals surface area (Å²) in [5, 5.41) is 5.90. The number of ether oxygens (including phenoxy) is 1. The van der Waals surface area contributed by atoms with E-state index >= 15 is 0 Å². The summed E-state index contributed by atoms with van der Waals surface area (Å²) in [5.41, 5.74) is 2.31. The lowest BCUT2D eigenvalue weighted by molar-refractivity contribution is -0.120. The van der Waals surface area contributed by atoms with Crippen molar-refractivity contribution in [1.82, 2.24) is 5.32 Å². The normalized spacial score (nSPS) is 12.1. The summed E-state index contributed by atoms with van der Waals surface area (Å²) in [6.45, 7) is 0. The van der Waals surface area contributed by atoms with Gasteiger partial charge >= 0.3 is 0 Å². The minimum Gasteiger partial charge on any atom is -0.497 e. The molecular formula is C22H18FNO3S. The van der Waals surface area contributed by atoms with Crippen LogP contribution < -0.4 is 10.1 Å². The van der Waals surface area contributed by atoms with Gasteiger partial charge in [0.15, 0.2) is 0 Å². The molecule has 0 aliphatic rings. The summed E-state index contributed by atoms with van der Waals surface area (Å²) in [5.74, 6) is 0.258. The number of hydrogen-bond donors (Lipinski definition) is 1. The lowest BCUT2D eigenvalue weighted by atomic mass is 10.0. The zero-order valence-electron chi connectivity index (χ0n) is 15.1. The Bertz CT molecular complexity index is 1090. The first kappa shape index (κ1) is 18.3. The summed E-state index contributed by atoms with van der Waals surface area (Å²) >= 11 is 1.55. The van der Waals surface area contributed by atoms with Crippen molar-refractivity contribution in [3.63, 3.8) is 0 Å².